The van der Waals surface area contributed by atoms with Crippen molar-refractivity contribution in [3.8, 4) is 0 Å². The summed E-state index contributed by atoms with van der Waals surface area (Å²) in [5, 5.41) is 3.12. The van der Waals surface area contributed by atoms with Crippen molar-refractivity contribution in [1.29, 1.82) is 0 Å². The highest BCUT2D eigenvalue weighted by Gasteiger charge is 2.45. The number of fused-ring (bicyclic) bond motifs is 1. The molecule has 0 radical (unpaired) electrons. The Morgan fingerprint density at radius 3 is 2.00 bits per heavy atom. The van der Waals surface area contributed by atoms with E-state index in [1.807, 2.05) is 0 Å². The lowest BCUT2D eigenvalue weighted by Crippen LogP contribution is -2.26. The fraction of sp³-hybridized carbons (Fsp3) is 0.250. The Balaban J connectivity index is 1.93. The Labute approximate surface area is 152 Å². The van der Waals surface area contributed by atoms with Gasteiger partial charge in [0.2, 0.25) is 0 Å². The standard InChI is InChI=1S/C24H26P/c1-19-13-14-24-20(2)15-16-25(18-21(24)17-19,22-9-5-3-6-10-22)23-11-7-4-8-12-23/h3-14,17,20H,15-16,18H2,1-2H3/q+1/t20-/m1/s1. The minimum Gasteiger partial charge on any atom is -0.0620 e. The lowest BCUT2D eigenvalue weighted by atomic mass is 9.93. The summed E-state index contributed by atoms with van der Waals surface area (Å²) in [6, 6.07) is 29.7. The second-order valence-electron chi connectivity index (χ2n) is 7.41. The van der Waals surface area contributed by atoms with Crippen molar-refractivity contribution in [3.05, 3.63) is 95.6 Å². The molecule has 1 heterocycles. The first-order valence-corrected chi connectivity index (χ1v) is 11.4. The Morgan fingerprint density at radius 1 is 0.800 bits per heavy atom. The molecule has 0 fully saturated rings. The van der Waals surface area contributed by atoms with Gasteiger partial charge in [-0.15, -0.1) is 0 Å². The molecular weight excluding hydrogens is 319 g/mol. The Morgan fingerprint density at radius 2 is 1.40 bits per heavy atom. The third-order valence-corrected chi connectivity index (χ3v) is 10.2. The van der Waals surface area contributed by atoms with Crippen molar-refractivity contribution in [2.75, 3.05) is 6.16 Å². The first kappa shape index (κ1) is 16.6. The van der Waals surface area contributed by atoms with E-state index in [2.05, 4.69) is 92.7 Å². The molecule has 1 aliphatic heterocycles. The zero-order valence-electron chi connectivity index (χ0n) is 15.2. The first-order chi connectivity index (χ1) is 12.2. The van der Waals surface area contributed by atoms with Gasteiger partial charge in [-0.2, -0.15) is 0 Å². The van der Waals surface area contributed by atoms with Crippen LogP contribution >= 0.6 is 7.26 Å². The van der Waals surface area contributed by atoms with Gasteiger partial charge in [-0.25, -0.2) is 0 Å². The summed E-state index contributed by atoms with van der Waals surface area (Å²) in [6.45, 7) is 4.63. The molecule has 1 aliphatic rings. The van der Waals surface area contributed by atoms with Gasteiger partial charge in [-0.1, -0.05) is 67.1 Å². The SMILES string of the molecule is Cc1ccc2c(c1)C[P+](c1ccccc1)(c1ccccc1)CC[C@H]2C. The maximum atomic E-state index is 2.44. The molecule has 4 rings (SSSR count). The van der Waals surface area contributed by atoms with Gasteiger partial charge in [0.1, 0.15) is 0 Å². The molecule has 3 aromatic rings. The van der Waals surface area contributed by atoms with Gasteiger partial charge < -0.3 is 0 Å². The summed E-state index contributed by atoms with van der Waals surface area (Å²) in [5.74, 6) is 0.643. The lowest BCUT2D eigenvalue weighted by molar-refractivity contribution is 0.739. The monoisotopic (exact) mass is 345 g/mol. The van der Waals surface area contributed by atoms with Crippen molar-refractivity contribution < 1.29 is 0 Å². The molecule has 1 atom stereocenters. The Bertz CT molecular complexity index is 812. The van der Waals surface area contributed by atoms with Gasteiger partial charge in [-0.05, 0) is 54.7 Å². The molecule has 0 bridgehead atoms. The van der Waals surface area contributed by atoms with E-state index >= 15 is 0 Å². The minimum absolute atomic E-state index is 0.643. The van der Waals surface area contributed by atoms with E-state index in [0.29, 0.717) is 5.92 Å². The Hall–Kier alpha value is -1.91. The van der Waals surface area contributed by atoms with E-state index in [4.69, 9.17) is 0 Å². The first-order valence-electron chi connectivity index (χ1n) is 9.27. The highest BCUT2D eigenvalue weighted by molar-refractivity contribution is 7.88. The average molecular weight is 345 g/mol. The number of aryl methyl sites for hydroxylation is 1. The van der Waals surface area contributed by atoms with Gasteiger partial charge >= 0.3 is 0 Å². The molecule has 0 amide bonds. The maximum Gasteiger partial charge on any atom is 0.0995 e. The second-order valence-corrected chi connectivity index (χ2v) is 11.1. The van der Waals surface area contributed by atoms with E-state index in [-0.39, 0.29) is 0 Å². The van der Waals surface area contributed by atoms with Crippen molar-refractivity contribution in [3.63, 3.8) is 0 Å². The normalized spacial score (nSPS) is 19.0. The summed E-state index contributed by atoms with van der Waals surface area (Å²) >= 11 is 0. The van der Waals surface area contributed by atoms with Crippen LogP contribution in [0.25, 0.3) is 0 Å². The van der Waals surface area contributed by atoms with Gasteiger partial charge in [0, 0.05) is 0 Å². The molecule has 1 heteroatoms. The van der Waals surface area contributed by atoms with Crippen LogP contribution in [-0.2, 0) is 6.16 Å². The molecule has 25 heavy (non-hydrogen) atoms. The van der Waals surface area contributed by atoms with Crippen LogP contribution in [0.3, 0.4) is 0 Å². The van der Waals surface area contributed by atoms with E-state index in [9.17, 15) is 0 Å². The molecule has 3 aromatic carbocycles. The molecule has 0 saturated heterocycles. The largest absolute Gasteiger partial charge is 0.0995 e. The van der Waals surface area contributed by atoms with Crippen LogP contribution in [-0.4, -0.2) is 6.16 Å². The van der Waals surface area contributed by atoms with Crippen molar-refractivity contribution in [1.82, 2.24) is 0 Å². The smallest absolute Gasteiger partial charge is 0.0620 e. The quantitative estimate of drug-likeness (QED) is 0.525. The molecule has 0 aromatic heterocycles. The number of hydrogen-bond donors (Lipinski definition) is 0. The molecule has 0 aliphatic carbocycles. The Kier molecular flexibility index (Phi) is 4.48. The third kappa shape index (κ3) is 3.05. The summed E-state index contributed by atoms with van der Waals surface area (Å²) < 4.78 is 0. The fourth-order valence-electron chi connectivity index (χ4n) is 4.31. The molecule has 0 nitrogen and oxygen atoms in total. The number of rotatable bonds is 2. The average Bonchev–Trinajstić information content (AvgIpc) is 2.80. The molecular formula is C24H26P+. The van der Waals surface area contributed by atoms with E-state index in [1.54, 1.807) is 21.7 Å². The number of hydrogen-bond acceptors (Lipinski definition) is 0. The predicted octanol–water partition coefficient (Wildman–Crippen LogP) is 5.67. The fourth-order valence-corrected chi connectivity index (χ4v) is 8.82. The summed E-state index contributed by atoms with van der Waals surface area (Å²) in [6.07, 6.45) is 3.77. The van der Waals surface area contributed by atoms with E-state index in [1.165, 1.54) is 24.3 Å². The highest BCUT2D eigenvalue weighted by Crippen LogP contribution is 2.62. The van der Waals surface area contributed by atoms with Crippen LogP contribution in [0.2, 0.25) is 0 Å². The molecule has 0 unspecified atom stereocenters. The third-order valence-electron chi connectivity index (χ3n) is 5.71. The van der Waals surface area contributed by atoms with E-state index < -0.39 is 7.26 Å². The van der Waals surface area contributed by atoms with Crippen molar-refractivity contribution in [2.45, 2.75) is 32.3 Å². The second kappa shape index (κ2) is 6.77. The van der Waals surface area contributed by atoms with Crippen LogP contribution in [0.15, 0.2) is 78.9 Å². The van der Waals surface area contributed by atoms with Gasteiger partial charge in [0.15, 0.2) is 0 Å². The summed E-state index contributed by atoms with van der Waals surface area (Å²) in [4.78, 5) is 0. The van der Waals surface area contributed by atoms with Gasteiger partial charge in [0.05, 0.1) is 30.2 Å². The summed E-state index contributed by atoms with van der Waals surface area (Å²) in [7, 11) is -1.43. The van der Waals surface area contributed by atoms with Crippen LogP contribution in [0.4, 0.5) is 0 Å². The van der Waals surface area contributed by atoms with Crippen LogP contribution in [0.5, 0.6) is 0 Å². The molecule has 126 valence electrons. The van der Waals surface area contributed by atoms with Crippen LogP contribution in [0.1, 0.15) is 36.0 Å². The molecule has 0 N–H and O–H groups in total. The van der Waals surface area contributed by atoms with E-state index in [0.717, 1.165) is 0 Å². The number of benzene rings is 3. The van der Waals surface area contributed by atoms with Gasteiger partial charge in [0.25, 0.3) is 0 Å². The maximum absolute atomic E-state index is 2.44. The zero-order chi connectivity index (χ0) is 17.3. The van der Waals surface area contributed by atoms with Crippen molar-refractivity contribution in [2.24, 2.45) is 0 Å². The topological polar surface area (TPSA) is 0 Å². The predicted molar refractivity (Wildman–Crippen MR) is 112 cm³/mol. The minimum atomic E-state index is -1.43. The van der Waals surface area contributed by atoms with Crippen LogP contribution in [0, 0.1) is 6.92 Å². The molecule has 0 saturated carbocycles. The van der Waals surface area contributed by atoms with Gasteiger partial charge in [-0.3, -0.25) is 0 Å². The molecule has 0 spiro atoms. The van der Waals surface area contributed by atoms with Crippen molar-refractivity contribution >= 4 is 17.9 Å². The highest BCUT2D eigenvalue weighted by atomic mass is 31.2. The zero-order valence-corrected chi connectivity index (χ0v) is 16.0. The summed E-state index contributed by atoms with van der Waals surface area (Å²) in [5.41, 5.74) is 4.53. The lowest BCUT2D eigenvalue weighted by Gasteiger charge is -2.26. The van der Waals surface area contributed by atoms with Crippen LogP contribution < -0.4 is 10.6 Å².